The van der Waals surface area contributed by atoms with E-state index in [2.05, 4.69) is 15.4 Å². The van der Waals surface area contributed by atoms with Crippen LogP contribution in [-0.4, -0.2) is 15.7 Å². The van der Waals surface area contributed by atoms with Gasteiger partial charge in [0.1, 0.15) is 0 Å². The van der Waals surface area contributed by atoms with Gasteiger partial charge in [-0.15, -0.1) is 0 Å². The van der Waals surface area contributed by atoms with Crippen molar-refractivity contribution >= 4 is 11.6 Å². The van der Waals surface area contributed by atoms with Crippen molar-refractivity contribution in [1.29, 1.82) is 0 Å². The molecule has 0 saturated heterocycles. The lowest BCUT2D eigenvalue weighted by atomic mass is 10.2. The second-order valence-electron chi connectivity index (χ2n) is 4.11. The molecule has 1 aromatic carbocycles. The average Bonchev–Trinajstić information content (AvgIpc) is 2.67. The van der Waals surface area contributed by atoms with Crippen molar-refractivity contribution < 1.29 is 0 Å². The maximum atomic E-state index is 5.83. The second-order valence-corrected chi connectivity index (χ2v) is 4.11. The molecule has 0 aliphatic carbocycles. The van der Waals surface area contributed by atoms with Crippen molar-refractivity contribution in [2.24, 2.45) is 17.8 Å². The molecule has 0 bridgehead atoms. The van der Waals surface area contributed by atoms with E-state index in [1.54, 1.807) is 4.68 Å². The topological polar surface area (TPSA) is 68.2 Å². The number of benzene rings is 1. The lowest BCUT2D eigenvalue weighted by Crippen LogP contribution is -2.22. The Labute approximate surface area is 106 Å². The number of aliphatic imine (C=N–C) groups is 1. The fourth-order valence-electron chi connectivity index (χ4n) is 1.66. The number of nitrogens with two attached hydrogens (primary N) is 1. The van der Waals surface area contributed by atoms with Crippen LogP contribution in [0.25, 0.3) is 0 Å². The molecule has 0 amide bonds. The Hall–Kier alpha value is -2.30. The third kappa shape index (κ3) is 3.10. The Morgan fingerprint density at radius 3 is 2.72 bits per heavy atom. The summed E-state index contributed by atoms with van der Waals surface area (Å²) in [4.78, 5) is 4.29. The maximum absolute atomic E-state index is 5.83. The largest absolute Gasteiger partial charge is 0.370 e. The van der Waals surface area contributed by atoms with Crippen LogP contribution in [0.3, 0.4) is 0 Å². The molecule has 94 valence electrons. The van der Waals surface area contributed by atoms with Gasteiger partial charge in [0.25, 0.3) is 0 Å². The minimum absolute atomic E-state index is 0.398. The summed E-state index contributed by atoms with van der Waals surface area (Å²) in [5, 5.41) is 7.27. The molecule has 18 heavy (non-hydrogen) atoms. The van der Waals surface area contributed by atoms with Crippen molar-refractivity contribution in [3.63, 3.8) is 0 Å². The normalized spacial score (nSPS) is 11.6. The van der Waals surface area contributed by atoms with Gasteiger partial charge in [0.05, 0.1) is 17.9 Å². The molecule has 0 unspecified atom stereocenters. The molecule has 0 radical (unpaired) electrons. The molecular weight excluding hydrogens is 226 g/mol. The van der Waals surface area contributed by atoms with Crippen molar-refractivity contribution in [3.05, 3.63) is 47.8 Å². The molecule has 2 aromatic rings. The third-order valence-electron chi connectivity index (χ3n) is 2.55. The highest BCUT2D eigenvalue weighted by Crippen LogP contribution is 2.10. The Kier molecular flexibility index (Phi) is 3.62. The third-order valence-corrected chi connectivity index (χ3v) is 2.55. The summed E-state index contributed by atoms with van der Waals surface area (Å²) >= 11 is 0. The molecule has 1 heterocycles. The van der Waals surface area contributed by atoms with Crippen molar-refractivity contribution in [1.82, 2.24) is 9.78 Å². The van der Waals surface area contributed by atoms with Crippen LogP contribution in [0.4, 0.5) is 5.69 Å². The highest BCUT2D eigenvalue weighted by Gasteiger charge is 2.03. The fourth-order valence-corrected chi connectivity index (χ4v) is 1.66. The molecule has 0 fully saturated rings. The predicted molar refractivity (Wildman–Crippen MR) is 73.3 cm³/mol. The van der Waals surface area contributed by atoms with Crippen LogP contribution in [-0.2, 0) is 13.6 Å². The first-order valence-corrected chi connectivity index (χ1v) is 5.76. The highest BCUT2D eigenvalue weighted by atomic mass is 15.3. The van der Waals surface area contributed by atoms with Crippen LogP contribution in [0, 0.1) is 6.92 Å². The summed E-state index contributed by atoms with van der Waals surface area (Å²) in [6, 6.07) is 9.99. The highest BCUT2D eigenvalue weighted by molar-refractivity contribution is 5.92. The van der Waals surface area contributed by atoms with Gasteiger partial charge in [-0.3, -0.25) is 4.68 Å². The summed E-state index contributed by atoms with van der Waals surface area (Å²) in [5.74, 6) is 0.398. The van der Waals surface area contributed by atoms with Crippen LogP contribution in [0.2, 0.25) is 0 Å². The average molecular weight is 243 g/mol. The van der Waals surface area contributed by atoms with Gasteiger partial charge in [0.15, 0.2) is 5.96 Å². The predicted octanol–water partition coefficient (Wildman–Crippen LogP) is 1.66. The van der Waals surface area contributed by atoms with Gasteiger partial charge in [-0.05, 0) is 12.5 Å². The maximum Gasteiger partial charge on any atom is 0.193 e. The van der Waals surface area contributed by atoms with Gasteiger partial charge in [0, 0.05) is 13.2 Å². The zero-order valence-electron chi connectivity index (χ0n) is 10.6. The molecule has 1 aromatic heterocycles. The summed E-state index contributed by atoms with van der Waals surface area (Å²) in [5.41, 5.74) is 8.74. The smallest absolute Gasteiger partial charge is 0.193 e. The minimum Gasteiger partial charge on any atom is -0.370 e. The fraction of sp³-hybridized carbons (Fsp3) is 0.231. The van der Waals surface area contributed by atoms with Gasteiger partial charge < -0.3 is 11.1 Å². The van der Waals surface area contributed by atoms with E-state index in [0.717, 1.165) is 16.9 Å². The summed E-state index contributed by atoms with van der Waals surface area (Å²) in [6.45, 7) is 2.49. The number of nitrogens with one attached hydrogen (secondary N) is 1. The molecule has 2 rings (SSSR count). The lowest BCUT2D eigenvalue weighted by molar-refractivity contribution is 0.756. The quantitative estimate of drug-likeness (QED) is 0.636. The zero-order chi connectivity index (χ0) is 13.0. The van der Waals surface area contributed by atoms with Crippen molar-refractivity contribution in [2.75, 3.05) is 5.32 Å². The van der Waals surface area contributed by atoms with E-state index in [0.29, 0.717) is 12.5 Å². The first-order chi connectivity index (χ1) is 8.65. The molecule has 0 saturated carbocycles. The van der Waals surface area contributed by atoms with Crippen LogP contribution >= 0.6 is 0 Å². The monoisotopic (exact) mass is 243 g/mol. The van der Waals surface area contributed by atoms with E-state index < -0.39 is 0 Å². The van der Waals surface area contributed by atoms with E-state index >= 15 is 0 Å². The Morgan fingerprint density at radius 1 is 1.39 bits per heavy atom. The number of anilines is 1. The molecular formula is C13H17N5. The lowest BCUT2D eigenvalue weighted by Gasteiger charge is -2.03. The Morgan fingerprint density at radius 2 is 2.11 bits per heavy atom. The van der Waals surface area contributed by atoms with Crippen molar-refractivity contribution in [3.8, 4) is 0 Å². The standard InChI is InChI=1S/C13H17N5/c1-10-12(9-18(2)17-10)16-13(14)15-8-11-6-4-3-5-7-11/h3-7,9H,8H2,1-2H3,(H3,14,15,16). The molecule has 0 spiro atoms. The summed E-state index contributed by atoms with van der Waals surface area (Å²) in [6.07, 6.45) is 1.88. The number of rotatable bonds is 3. The molecule has 3 N–H and O–H groups in total. The number of aromatic nitrogens is 2. The molecule has 0 aliphatic heterocycles. The van der Waals surface area contributed by atoms with Crippen LogP contribution < -0.4 is 11.1 Å². The number of hydrogen-bond donors (Lipinski definition) is 2. The van der Waals surface area contributed by atoms with Crippen LogP contribution in [0.15, 0.2) is 41.5 Å². The van der Waals surface area contributed by atoms with E-state index in [1.807, 2.05) is 50.5 Å². The number of aryl methyl sites for hydroxylation is 2. The number of nitrogens with zero attached hydrogens (tertiary/aromatic N) is 3. The number of guanidine groups is 1. The van der Waals surface area contributed by atoms with E-state index in [9.17, 15) is 0 Å². The summed E-state index contributed by atoms with van der Waals surface area (Å²) in [7, 11) is 1.87. The van der Waals surface area contributed by atoms with Gasteiger partial charge in [-0.2, -0.15) is 5.10 Å². The Balaban J connectivity index is 1.99. The zero-order valence-corrected chi connectivity index (χ0v) is 10.6. The number of hydrogen-bond acceptors (Lipinski definition) is 2. The van der Waals surface area contributed by atoms with Crippen LogP contribution in [0.1, 0.15) is 11.3 Å². The van der Waals surface area contributed by atoms with Gasteiger partial charge in [0.2, 0.25) is 0 Å². The van der Waals surface area contributed by atoms with Crippen molar-refractivity contribution in [2.45, 2.75) is 13.5 Å². The molecule has 5 nitrogen and oxygen atoms in total. The second kappa shape index (κ2) is 5.35. The first kappa shape index (κ1) is 12.2. The van der Waals surface area contributed by atoms with Crippen LogP contribution in [0.5, 0.6) is 0 Å². The SMILES string of the molecule is Cc1nn(C)cc1NC(N)=NCc1ccccc1. The van der Waals surface area contributed by atoms with E-state index in [4.69, 9.17) is 5.73 Å². The summed E-state index contributed by atoms with van der Waals surface area (Å²) < 4.78 is 1.74. The van der Waals surface area contributed by atoms with Gasteiger partial charge >= 0.3 is 0 Å². The molecule has 0 atom stereocenters. The van der Waals surface area contributed by atoms with Gasteiger partial charge in [-0.25, -0.2) is 4.99 Å². The molecule has 5 heteroatoms. The first-order valence-electron chi connectivity index (χ1n) is 5.76. The van der Waals surface area contributed by atoms with Gasteiger partial charge in [-0.1, -0.05) is 30.3 Å². The molecule has 0 aliphatic rings. The minimum atomic E-state index is 0.398. The van der Waals surface area contributed by atoms with E-state index in [-0.39, 0.29) is 0 Å². The Bertz CT molecular complexity index is 542. The van der Waals surface area contributed by atoms with E-state index in [1.165, 1.54) is 0 Å².